The molecule has 0 aliphatic rings. The minimum atomic E-state index is -0.298. The van der Waals surface area contributed by atoms with Crippen molar-refractivity contribution in [3.8, 4) is 11.5 Å². The zero-order valence-electron chi connectivity index (χ0n) is 19.7. The summed E-state index contributed by atoms with van der Waals surface area (Å²) in [6.07, 6.45) is 3.22. The Balaban J connectivity index is 1.30. The number of ether oxygens (including phenoxy) is 2. The summed E-state index contributed by atoms with van der Waals surface area (Å²) in [5, 5.41) is 13.5. The van der Waals surface area contributed by atoms with Gasteiger partial charge in [-0.1, -0.05) is 47.6 Å². The Morgan fingerprint density at radius 3 is 2.53 bits per heavy atom. The largest absolute Gasteiger partial charge is 0.493 e. The highest BCUT2D eigenvalue weighted by atomic mass is 35.5. The van der Waals surface area contributed by atoms with E-state index in [1.165, 1.54) is 0 Å². The van der Waals surface area contributed by atoms with Gasteiger partial charge in [-0.3, -0.25) is 4.79 Å². The van der Waals surface area contributed by atoms with Crippen LogP contribution in [0.2, 0.25) is 5.02 Å². The number of halogens is 1. The number of benzene rings is 3. The normalized spacial score (nSPS) is 11.0. The third-order valence-electron chi connectivity index (χ3n) is 5.13. The van der Waals surface area contributed by atoms with Gasteiger partial charge in [-0.15, -0.1) is 10.2 Å². The van der Waals surface area contributed by atoms with Crippen molar-refractivity contribution in [3.05, 3.63) is 100 Å². The van der Waals surface area contributed by atoms with E-state index in [1.807, 2.05) is 54.1 Å². The number of nitrogens with one attached hydrogen (secondary N) is 1. The molecule has 1 heterocycles. The molecule has 1 amide bonds. The molecule has 1 aromatic heterocycles. The van der Waals surface area contributed by atoms with Gasteiger partial charge in [-0.05, 0) is 59.2 Å². The van der Waals surface area contributed by atoms with E-state index in [0.717, 1.165) is 27.6 Å². The van der Waals surface area contributed by atoms with E-state index in [0.29, 0.717) is 28.7 Å². The highest BCUT2D eigenvalue weighted by Gasteiger charge is 2.08. The van der Waals surface area contributed by atoms with Crippen LogP contribution in [0.15, 0.2) is 83.3 Å². The second-order valence-corrected chi connectivity index (χ2v) is 9.11. The van der Waals surface area contributed by atoms with E-state index in [4.69, 9.17) is 21.1 Å². The Bertz CT molecular complexity index is 1340. The van der Waals surface area contributed by atoms with Crippen molar-refractivity contribution in [3.63, 3.8) is 0 Å². The Hall–Kier alpha value is -3.82. The number of aryl methyl sites for hydroxylation is 1. The first-order valence-electron chi connectivity index (χ1n) is 11.0. The first kappa shape index (κ1) is 25.3. The fourth-order valence-electron chi connectivity index (χ4n) is 3.16. The molecular weight excluding hydrogens is 498 g/mol. The average molecular weight is 522 g/mol. The van der Waals surface area contributed by atoms with Crippen molar-refractivity contribution >= 4 is 35.5 Å². The number of thioether (sulfide) groups is 1. The van der Waals surface area contributed by atoms with Gasteiger partial charge in [0.25, 0.3) is 5.91 Å². The molecular formula is C26H24ClN5O3S. The monoisotopic (exact) mass is 521 g/mol. The quantitative estimate of drug-likeness (QED) is 0.177. The summed E-state index contributed by atoms with van der Waals surface area (Å²) >= 11 is 7.50. The molecule has 4 rings (SSSR count). The van der Waals surface area contributed by atoms with Crippen LogP contribution in [0.5, 0.6) is 11.5 Å². The average Bonchev–Trinajstić information content (AvgIpc) is 3.32. The van der Waals surface area contributed by atoms with Gasteiger partial charge >= 0.3 is 0 Å². The minimum Gasteiger partial charge on any atom is -0.493 e. The molecule has 10 heteroatoms. The van der Waals surface area contributed by atoms with Crippen molar-refractivity contribution in [2.24, 2.45) is 12.1 Å². The highest BCUT2D eigenvalue weighted by Crippen LogP contribution is 2.28. The van der Waals surface area contributed by atoms with Gasteiger partial charge in [-0.25, -0.2) is 5.43 Å². The van der Waals surface area contributed by atoms with Gasteiger partial charge in [0.2, 0.25) is 0 Å². The van der Waals surface area contributed by atoms with Gasteiger partial charge in [0, 0.05) is 23.4 Å². The highest BCUT2D eigenvalue weighted by molar-refractivity contribution is 7.98. The molecule has 0 bridgehead atoms. The second-order valence-electron chi connectivity index (χ2n) is 7.73. The zero-order valence-corrected chi connectivity index (χ0v) is 21.3. The number of hydrogen-bond acceptors (Lipinski definition) is 7. The van der Waals surface area contributed by atoms with Crippen LogP contribution < -0.4 is 14.9 Å². The van der Waals surface area contributed by atoms with Crippen LogP contribution in [-0.4, -0.2) is 34.0 Å². The smallest absolute Gasteiger partial charge is 0.271 e. The molecule has 4 aromatic rings. The molecule has 1 N–H and O–H groups in total. The van der Waals surface area contributed by atoms with Crippen molar-refractivity contribution in [2.75, 3.05) is 7.11 Å². The first-order valence-corrected chi connectivity index (χ1v) is 12.3. The second kappa shape index (κ2) is 12.2. The summed E-state index contributed by atoms with van der Waals surface area (Å²) in [4.78, 5) is 12.4. The summed E-state index contributed by atoms with van der Waals surface area (Å²) in [6.45, 7) is 0.384. The van der Waals surface area contributed by atoms with Crippen LogP contribution in [-0.2, 0) is 19.4 Å². The van der Waals surface area contributed by atoms with Crippen LogP contribution in [0, 0.1) is 0 Å². The van der Waals surface area contributed by atoms with Crippen molar-refractivity contribution in [2.45, 2.75) is 17.5 Å². The van der Waals surface area contributed by atoms with E-state index in [1.54, 1.807) is 55.7 Å². The third kappa shape index (κ3) is 6.87. The molecule has 0 atom stereocenters. The van der Waals surface area contributed by atoms with E-state index in [-0.39, 0.29) is 5.91 Å². The van der Waals surface area contributed by atoms with Crippen LogP contribution in [0.4, 0.5) is 0 Å². The Kier molecular flexibility index (Phi) is 8.59. The molecule has 0 fully saturated rings. The van der Waals surface area contributed by atoms with Crippen LogP contribution in [0.3, 0.4) is 0 Å². The Morgan fingerprint density at radius 2 is 1.83 bits per heavy atom. The first-order chi connectivity index (χ1) is 17.5. The molecule has 3 aromatic carbocycles. The lowest BCUT2D eigenvalue weighted by Crippen LogP contribution is -2.17. The summed E-state index contributed by atoms with van der Waals surface area (Å²) in [5.41, 5.74) is 5.89. The van der Waals surface area contributed by atoms with Gasteiger partial charge in [0.1, 0.15) is 12.9 Å². The van der Waals surface area contributed by atoms with Gasteiger partial charge in [0.05, 0.1) is 13.3 Å². The number of hydrazone groups is 1. The number of nitrogens with zero attached hydrogens (tertiary/aromatic N) is 4. The lowest BCUT2D eigenvalue weighted by molar-refractivity contribution is 0.0955. The maximum Gasteiger partial charge on any atom is 0.271 e. The Morgan fingerprint density at radius 1 is 1.08 bits per heavy atom. The number of carbonyl (C=O) groups is 1. The van der Waals surface area contributed by atoms with Crippen molar-refractivity contribution in [1.82, 2.24) is 20.2 Å². The van der Waals surface area contributed by atoms with Crippen LogP contribution in [0.25, 0.3) is 0 Å². The van der Waals surface area contributed by atoms with E-state index < -0.39 is 0 Å². The van der Waals surface area contributed by atoms with E-state index in [9.17, 15) is 4.79 Å². The maximum atomic E-state index is 12.4. The topological polar surface area (TPSA) is 90.6 Å². The lowest BCUT2D eigenvalue weighted by atomic mass is 10.1. The van der Waals surface area contributed by atoms with Crippen molar-refractivity contribution in [1.29, 1.82) is 0 Å². The minimum absolute atomic E-state index is 0.298. The predicted octanol–water partition coefficient (Wildman–Crippen LogP) is 5.11. The van der Waals surface area contributed by atoms with E-state index in [2.05, 4.69) is 20.7 Å². The van der Waals surface area contributed by atoms with Gasteiger partial charge < -0.3 is 14.0 Å². The molecule has 8 nitrogen and oxygen atoms in total. The maximum absolute atomic E-state index is 12.4. The predicted molar refractivity (Wildman–Crippen MR) is 141 cm³/mol. The number of rotatable bonds is 10. The fraction of sp³-hybridized carbons (Fsp3) is 0.154. The standard InChI is InChI=1S/C26H24ClN5O3S/c1-32-17-29-31-26(32)36-16-19-3-8-21(9-4-19)25(33)30-28-14-20-7-12-23(24(13-20)34-2)35-15-18-5-10-22(27)11-6-18/h3-14,17H,15-16H2,1-2H3,(H,30,33)/b28-14-. The molecule has 0 saturated carbocycles. The molecule has 0 spiro atoms. The number of methoxy groups -OCH3 is 1. The molecule has 0 radical (unpaired) electrons. The SMILES string of the molecule is COc1cc(/C=N\NC(=O)c2ccc(CSc3nncn3C)cc2)ccc1OCc1ccc(Cl)cc1. The summed E-state index contributed by atoms with van der Waals surface area (Å²) in [5.74, 6) is 1.60. The summed E-state index contributed by atoms with van der Waals surface area (Å²) in [7, 11) is 3.47. The molecule has 0 aliphatic heterocycles. The summed E-state index contributed by atoms with van der Waals surface area (Å²) in [6, 6.07) is 20.2. The third-order valence-corrected chi connectivity index (χ3v) is 6.49. The molecule has 0 aliphatic carbocycles. The number of hydrogen-bond donors (Lipinski definition) is 1. The molecule has 36 heavy (non-hydrogen) atoms. The summed E-state index contributed by atoms with van der Waals surface area (Å²) < 4.78 is 13.2. The number of carbonyl (C=O) groups excluding carboxylic acids is 1. The molecule has 0 saturated heterocycles. The molecule has 0 unspecified atom stereocenters. The van der Waals surface area contributed by atoms with E-state index >= 15 is 0 Å². The van der Waals surface area contributed by atoms with Crippen LogP contribution >= 0.6 is 23.4 Å². The lowest BCUT2D eigenvalue weighted by Gasteiger charge is -2.11. The molecule has 184 valence electrons. The van der Waals surface area contributed by atoms with Gasteiger partial charge in [-0.2, -0.15) is 5.10 Å². The zero-order chi connectivity index (χ0) is 25.3. The van der Waals surface area contributed by atoms with Gasteiger partial charge in [0.15, 0.2) is 16.7 Å². The number of amides is 1. The number of aromatic nitrogens is 3. The fourth-order valence-corrected chi connectivity index (χ4v) is 4.13. The van der Waals surface area contributed by atoms with Crippen LogP contribution in [0.1, 0.15) is 27.0 Å². The Labute approximate surface area is 218 Å². The van der Waals surface area contributed by atoms with Crippen molar-refractivity contribution < 1.29 is 14.3 Å².